The summed E-state index contributed by atoms with van der Waals surface area (Å²) in [4.78, 5) is 0. The van der Waals surface area contributed by atoms with E-state index in [-0.39, 0.29) is 5.41 Å². The molecule has 2 saturated carbocycles. The molecule has 3 aliphatic carbocycles. The molecule has 0 amide bonds. The van der Waals surface area contributed by atoms with Crippen LogP contribution in [0, 0.1) is 46.3 Å². The van der Waals surface area contributed by atoms with E-state index < -0.39 is 0 Å². The molecule has 0 saturated heterocycles. The molecule has 0 heterocycles. The second kappa shape index (κ2) is 5.55. The van der Waals surface area contributed by atoms with Gasteiger partial charge in [0.05, 0.1) is 11.5 Å². The van der Waals surface area contributed by atoms with Gasteiger partial charge in [0.25, 0.3) is 0 Å². The lowest BCUT2D eigenvalue weighted by Gasteiger charge is -2.56. The fraction of sp³-hybridized carbons (Fsp3) is 0.762. The van der Waals surface area contributed by atoms with Crippen LogP contribution < -0.4 is 0 Å². The van der Waals surface area contributed by atoms with Crippen molar-refractivity contribution in [1.29, 1.82) is 5.26 Å². The van der Waals surface area contributed by atoms with Gasteiger partial charge >= 0.3 is 0 Å². The van der Waals surface area contributed by atoms with Crippen molar-refractivity contribution < 1.29 is 0 Å². The van der Waals surface area contributed by atoms with Crippen molar-refractivity contribution in [2.24, 2.45) is 35.0 Å². The lowest BCUT2D eigenvalue weighted by atomic mass is 9.48. The molecule has 1 heteroatoms. The topological polar surface area (TPSA) is 23.8 Å². The first kappa shape index (κ1) is 15.9. The average Bonchev–Trinajstić information content (AvgIpc) is 2.45. The first-order valence-electron chi connectivity index (χ1n) is 9.13. The molecule has 1 nitrogen and oxygen atoms in total. The van der Waals surface area contributed by atoms with Crippen LogP contribution in [0.25, 0.3) is 0 Å². The molecular formula is C21H31N. The molecule has 0 spiro atoms. The van der Waals surface area contributed by atoms with Crippen LogP contribution >= 0.6 is 0 Å². The third-order valence-electron chi connectivity index (χ3n) is 6.94. The Morgan fingerprint density at radius 2 is 2.05 bits per heavy atom. The van der Waals surface area contributed by atoms with E-state index in [1.807, 2.05) is 0 Å². The van der Waals surface area contributed by atoms with Gasteiger partial charge in [0.1, 0.15) is 0 Å². The molecule has 6 unspecified atom stereocenters. The zero-order chi connectivity index (χ0) is 16.1. The summed E-state index contributed by atoms with van der Waals surface area (Å²) in [6, 6.07) is 2.72. The first-order chi connectivity index (χ1) is 10.4. The van der Waals surface area contributed by atoms with Gasteiger partial charge in [-0.05, 0) is 89.4 Å². The fourth-order valence-electron chi connectivity index (χ4n) is 5.88. The van der Waals surface area contributed by atoms with Crippen LogP contribution in [0.15, 0.2) is 22.8 Å². The number of nitrogens with zero attached hydrogens (tertiary/aromatic N) is 1. The SMILES string of the molecule is CC(C)=CC1CC(C)C2CCC(C)(C#N)C3CCC(C)=C1C23. The highest BCUT2D eigenvalue weighted by molar-refractivity contribution is 5.32. The molecule has 0 aliphatic heterocycles. The standard InChI is InChI=1S/C21H31N/c1-13(2)10-16-11-15(4)17-8-9-21(5,12-22)18-7-6-14(3)19(16)20(17)18/h10,15-18,20H,6-9,11H2,1-5H3. The number of hydrogen-bond donors (Lipinski definition) is 0. The van der Waals surface area contributed by atoms with Crippen molar-refractivity contribution in [3.63, 3.8) is 0 Å². The molecule has 0 radical (unpaired) electrons. The summed E-state index contributed by atoms with van der Waals surface area (Å²) in [5.74, 6) is 3.51. The van der Waals surface area contributed by atoms with Crippen LogP contribution in [0.4, 0.5) is 0 Å². The summed E-state index contributed by atoms with van der Waals surface area (Å²) in [5.41, 5.74) is 4.72. The number of allylic oxidation sites excluding steroid dienone is 4. The van der Waals surface area contributed by atoms with Gasteiger partial charge in [0, 0.05) is 0 Å². The Bertz CT molecular complexity index is 557. The van der Waals surface area contributed by atoms with Crippen LogP contribution in [0.1, 0.15) is 66.7 Å². The molecule has 0 aromatic rings. The highest BCUT2D eigenvalue weighted by Gasteiger charge is 2.53. The Morgan fingerprint density at radius 1 is 1.32 bits per heavy atom. The lowest BCUT2D eigenvalue weighted by molar-refractivity contribution is 0.00966. The number of hydrogen-bond acceptors (Lipinski definition) is 1. The monoisotopic (exact) mass is 297 g/mol. The molecule has 0 aromatic carbocycles. The number of rotatable bonds is 1. The molecule has 2 fully saturated rings. The average molecular weight is 297 g/mol. The molecule has 0 bridgehead atoms. The minimum absolute atomic E-state index is 0.0975. The summed E-state index contributed by atoms with van der Waals surface area (Å²) in [5, 5.41) is 9.82. The highest BCUT2D eigenvalue weighted by Crippen LogP contribution is 2.60. The van der Waals surface area contributed by atoms with Gasteiger partial charge in [0.15, 0.2) is 0 Å². The van der Waals surface area contributed by atoms with Gasteiger partial charge < -0.3 is 0 Å². The van der Waals surface area contributed by atoms with Crippen LogP contribution in [-0.4, -0.2) is 0 Å². The second-order valence-electron chi connectivity index (χ2n) is 8.70. The molecule has 0 aromatic heterocycles. The van der Waals surface area contributed by atoms with Crippen LogP contribution in [0.3, 0.4) is 0 Å². The van der Waals surface area contributed by atoms with Crippen LogP contribution in [0.2, 0.25) is 0 Å². The Balaban J connectivity index is 2.08. The number of nitriles is 1. The quantitative estimate of drug-likeness (QED) is 0.553. The Hall–Kier alpha value is -1.03. The summed E-state index contributed by atoms with van der Waals surface area (Å²) in [7, 11) is 0. The maximum absolute atomic E-state index is 9.82. The van der Waals surface area contributed by atoms with Crippen molar-refractivity contribution in [1.82, 2.24) is 0 Å². The highest BCUT2D eigenvalue weighted by atomic mass is 14.6. The van der Waals surface area contributed by atoms with E-state index in [9.17, 15) is 5.26 Å². The molecule has 22 heavy (non-hydrogen) atoms. The molecule has 6 atom stereocenters. The third-order valence-corrected chi connectivity index (χ3v) is 6.94. The van der Waals surface area contributed by atoms with Crippen molar-refractivity contribution in [3.8, 4) is 6.07 Å². The zero-order valence-corrected chi connectivity index (χ0v) is 14.9. The van der Waals surface area contributed by atoms with Crippen LogP contribution in [0.5, 0.6) is 0 Å². The van der Waals surface area contributed by atoms with Gasteiger partial charge in [-0.1, -0.05) is 29.7 Å². The Kier molecular flexibility index (Phi) is 4.00. The second-order valence-corrected chi connectivity index (χ2v) is 8.70. The van der Waals surface area contributed by atoms with Gasteiger partial charge in [-0.3, -0.25) is 0 Å². The molecule has 0 N–H and O–H groups in total. The summed E-state index contributed by atoms with van der Waals surface area (Å²) in [6.45, 7) is 11.5. The third kappa shape index (κ3) is 2.36. The zero-order valence-electron chi connectivity index (χ0n) is 14.9. The smallest absolute Gasteiger partial charge is 0.0689 e. The normalized spacial score (nSPS) is 44.1. The summed E-state index contributed by atoms with van der Waals surface area (Å²) < 4.78 is 0. The Labute approximate surface area is 136 Å². The van der Waals surface area contributed by atoms with E-state index in [1.165, 1.54) is 31.3 Å². The van der Waals surface area contributed by atoms with E-state index in [1.54, 1.807) is 11.1 Å². The molecule has 120 valence electrons. The van der Waals surface area contributed by atoms with Crippen molar-refractivity contribution in [2.45, 2.75) is 66.7 Å². The van der Waals surface area contributed by atoms with Gasteiger partial charge in [-0.2, -0.15) is 5.26 Å². The first-order valence-corrected chi connectivity index (χ1v) is 9.13. The van der Waals surface area contributed by atoms with Gasteiger partial charge in [0.2, 0.25) is 0 Å². The van der Waals surface area contributed by atoms with Crippen molar-refractivity contribution in [2.75, 3.05) is 0 Å². The fourth-order valence-corrected chi connectivity index (χ4v) is 5.88. The van der Waals surface area contributed by atoms with Crippen molar-refractivity contribution >= 4 is 0 Å². The predicted octanol–water partition coefficient (Wildman–Crippen LogP) is 5.89. The minimum atomic E-state index is -0.0975. The predicted molar refractivity (Wildman–Crippen MR) is 92.1 cm³/mol. The summed E-state index contributed by atoms with van der Waals surface area (Å²) in [6.07, 6.45) is 8.63. The largest absolute Gasteiger partial charge is 0.198 e. The molecule has 3 rings (SSSR count). The van der Waals surface area contributed by atoms with E-state index >= 15 is 0 Å². The molecular weight excluding hydrogens is 266 g/mol. The lowest BCUT2D eigenvalue weighted by Crippen LogP contribution is -2.49. The van der Waals surface area contributed by atoms with Crippen molar-refractivity contribution in [3.05, 3.63) is 22.8 Å². The Morgan fingerprint density at radius 3 is 2.68 bits per heavy atom. The van der Waals surface area contributed by atoms with Crippen LogP contribution in [-0.2, 0) is 0 Å². The molecule has 3 aliphatic rings. The summed E-state index contributed by atoms with van der Waals surface area (Å²) >= 11 is 0. The van der Waals surface area contributed by atoms with Gasteiger partial charge in [-0.25, -0.2) is 0 Å². The van der Waals surface area contributed by atoms with E-state index in [0.717, 1.165) is 18.3 Å². The van der Waals surface area contributed by atoms with E-state index in [2.05, 4.69) is 46.8 Å². The van der Waals surface area contributed by atoms with Gasteiger partial charge in [-0.15, -0.1) is 0 Å². The maximum atomic E-state index is 9.82. The van der Waals surface area contributed by atoms with E-state index in [0.29, 0.717) is 17.8 Å². The van der Waals surface area contributed by atoms with E-state index in [4.69, 9.17) is 0 Å². The maximum Gasteiger partial charge on any atom is 0.0689 e. The minimum Gasteiger partial charge on any atom is -0.198 e.